The summed E-state index contributed by atoms with van der Waals surface area (Å²) in [4.78, 5) is 5.34. The Morgan fingerprint density at radius 3 is 3.14 bits per heavy atom. The van der Waals surface area contributed by atoms with Gasteiger partial charge in [0.25, 0.3) is 0 Å². The van der Waals surface area contributed by atoms with Gasteiger partial charge in [0, 0.05) is 10.1 Å². The number of halogens is 1. The fraction of sp³-hybridized carbons (Fsp3) is 0.222. The molecule has 0 atom stereocenters. The van der Waals surface area contributed by atoms with E-state index >= 15 is 0 Å². The highest BCUT2D eigenvalue weighted by Gasteiger charge is 2.13. The molecule has 14 heavy (non-hydrogen) atoms. The number of oxazole rings is 1. The molecule has 0 aromatic carbocycles. The molecule has 2 aromatic rings. The van der Waals surface area contributed by atoms with Crippen molar-refractivity contribution in [2.24, 2.45) is 0 Å². The van der Waals surface area contributed by atoms with Crippen molar-refractivity contribution >= 4 is 33.9 Å². The number of thiophene rings is 1. The molecule has 0 bridgehead atoms. The van der Waals surface area contributed by atoms with E-state index in [0.29, 0.717) is 0 Å². The van der Waals surface area contributed by atoms with Crippen LogP contribution in [0.25, 0.3) is 10.6 Å². The van der Waals surface area contributed by atoms with E-state index in [-0.39, 0.29) is 0 Å². The van der Waals surface area contributed by atoms with E-state index in [1.54, 1.807) is 11.3 Å². The van der Waals surface area contributed by atoms with Crippen LogP contribution < -0.4 is 5.32 Å². The van der Waals surface area contributed by atoms with Gasteiger partial charge in [-0.3, -0.25) is 0 Å². The smallest absolute Gasteiger partial charge is 0.181 e. The average Bonchev–Trinajstić information content (AvgIpc) is 2.74. The van der Waals surface area contributed by atoms with Gasteiger partial charge in [0.15, 0.2) is 12.2 Å². The molecule has 74 valence electrons. The molecule has 2 rings (SSSR count). The Kier molecular flexibility index (Phi) is 3.19. The van der Waals surface area contributed by atoms with E-state index in [0.717, 1.165) is 22.9 Å². The van der Waals surface area contributed by atoms with Crippen molar-refractivity contribution in [2.45, 2.75) is 6.54 Å². The lowest BCUT2D eigenvalue weighted by atomic mass is 10.3. The van der Waals surface area contributed by atoms with Gasteiger partial charge in [-0.05, 0) is 41.1 Å². The molecule has 2 aromatic heterocycles. The van der Waals surface area contributed by atoms with Crippen molar-refractivity contribution in [3.05, 3.63) is 27.1 Å². The van der Waals surface area contributed by atoms with Crippen molar-refractivity contribution < 1.29 is 4.42 Å². The maximum atomic E-state index is 5.40. The van der Waals surface area contributed by atoms with Crippen LogP contribution in [-0.2, 0) is 6.54 Å². The maximum absolute atomic E-state index is 5.40. The topological polar surface area (TPSA) is 38.1 Å². The summed E-state index contributed by atoms with van der Waals surface area (Å²) < 4.78 is 6.61. The van der Waals surface area contributed by atoms with Crippen LogP contribution in [0, 0.1) is 3.57 Å². The first-order chi connectivity index (χ1) is 6.83. The highest BCUT2D eigenvalue weighted by atomic mass is 127. The van der Waals surface area contributed by atoms with Crippen LogP contribution in [0.5, 0.6) is 0 Å². The molecule has 0 aliphatic rings. The molecule has 0 spiro atoms. The van der Waals surface area contributed by atoms with Crippen molar-refractivity contribution in [2.75, 3.05) is 7.05 Å². The minimum Gasteiger partial charge on any atom is -0.442 e. The van der Waals surface area contributed by atoms with Crippen LogP contribution in [0.1, 0.15) is 5.69 Å². The van der Waals surface area contributed by atoms with Gasteiger partial charge in [-0.15, -0.1) is 11.3 Å². The minimum absolute atomic E-state index is 0.736. The number of rotatable bonds is 3. The molecule has 1 N–H and O–H groups in total. The lowest BCUT2D eigenvalue weighted by Crippen LogP contribution is -2.06. The van der Waals surface area contributed by atoms with Crippen molar-refractivity contribution in [1.82, 2.24) is 10.3 Å². The maximum Gasteiger partial charge on any atom is 0.181 e. The molecule has 0 aliphatic carbocycles. The summed E-state index contributed by atoms with van der Waals surface area (Å²) >= 11 is 3.98. The molecule has 0 unspecified atom stereocenters. The Balaban J connectivity index is 2.41. The molecule has 5 heteroatoms. The van der Waals surface area contributed by atoms with Gasteiger partial charge in [-0.25, -0.2) is 4.98 Å². The summed E-state index contributed by atoms with van der Waals surface area (Å²) in [6.07, 6.45) is 1.50. The second-order valence-electron chi connectivity index (χ2n) is 2.76. The molecule has 0 saturated carbocycles. The fourth-order valence-corrected chi connectivity index (χ4v) is 3.05. The molecular formula is C9H9IN2OS. The third-order valence-electron chi connectivity index (χ3n) is 1.81. The quantitative estimate of drug-likeness (QED) is 0.884. The fourth-order valence-electron chi connectivity index (χ4n) is 1.20. The number of aromatic nitrogens is 1. The third kappa shape index (κ3) is 1.84. The Bertz CT molecular complexity index is 424. The zero-order chi connectivity index (χ0) is 9.97. The first-order valence-electron chi connectivity index (χ1n) is 4.13. The number of nitrogens with one attached hydrogen (secondary N) is 1. The van der Waals surface area contributed by atoms with Crippen LogP contribution in [0.2, 0.25) is 0 Å². The van der Waals surface area contributed by atoms with Gasteiger partial charge in [0.2, 0.25) is 0 Å². The molecule has 2 heterocycles. The summed E-state index contributed by atoms with van der Waals surface area (Å²) in [7, 11) is 1.90. The van der Waals surface area contributed by atoms with Crippen molar-refractivity contribution in [1.29, 1.82) is 0 Å². The minimum atomic E-state index is 0.736. The highest BCUT2D eigenvalue weighted by molar-refractivity contribution is 14.1. The van der Waals surface area contributed by atoms with Gasteiger partial charge in [-0.2, -0.15) is 0 Å². The standard InChI is InChI=1S/C9H9IN2OS/c1-11-4-7-8(13-5-12-7)9-6(10)2-3-14-9/h2-3,5,11H,4H2,1H3. The zero-order valence-corrected chi connectivity index (χ0v) is 10.6. The van der Waals surface area contributed by atoms with E-state index in [9.17, 15) is 0 Å². The van der Waals surface area contributed by atoms with Gasteiger partial charge in [0.1, 0.15) is 5.69 Å². The van der Waals surface area contributed by atoms with Gasteiger partial charge in [-0.1, -0.05) is 0 Å². The van der Waals surface area contributed by atoms with Crippen LogP contribution in [0.15, 0.2) is 22.3 Å². The SMILES string of the molecule is CNCc1ncoc1-c1sccc1I. The molecule has 0 amide bonds. The second kappa shape index (κ2) is 4.41. The van der Waals surface area contributed by atoms with Crippen LogP contribution in [-0.4, -0.2) is 12.0 Å². The highest BCUT2D eigenvalue weighted by Crippen LogP contribution is 2.32. The summed E-state index contributed by atoms with van der Waals surface area (Å²) in [6, 6.07) is 2.08. The summed E-state index contributed by atoms with van der Waals surface area (Å²) in [5.74, 6) is 0.888. The Hall–Kier alpha value is -0.400. The third-order valence-corrected chi connectivity index (χ3v) is 3.99. The van der Waals surface area contributed by atoms with E-state index < -0.39 is 0 Å². The normalized spacial score (nSPS) is 10.7. The largest absolute Gasteiger partial charge is 0.442 e. The monoisotopic (exact) mass is 320 g/mol. The Morgan fingerprint density at radius 2 is 2.50 bits per heavy atom. The molecule has 0 radical (unpaired) electrons. The van der Waals surface area contributed by atoms with Crippen LogP contribution in [0.4, 0.5) is 0 Å². The number of hydrogen-bond donors (Lipinski definition) is 1. The zero-order valence-electron chi connectivity index (χ0n) is 7.58. The molecule has 3 nitrogen and oxygen atoms in total. The summed E-state index contributed by atoms with van der Waals surface area (Å²) in [5.41, 5.74) is 0.966. The first kappa shape index (κ1) is 10.1. The van der Waals surface area contributed by atoms with E-state index in [2.05, 4.69) is 44.3 Å². The van der Waals surface area contributed by atoms with Gasteiger partial charge < -0.3 is 9.73 Å². The molecule has 0 saturated heterocycles. The molecule has 0 aliphatic heterocycles. The lowest BCUT2D eigenvalue weighted by Gasteiger charge is -1.98. The number of nitrogens with zero attached hydrogens (tertiary/aromatic N) is 1. The Labute approximate surface area is 99.7 Å². The lowest BCUT2D eigenvalue weighted by molar-refractivity contribution is 0.571. The average molecular weight is 320 g/mol. The van der Waals surface area contributed by atoms with Crippen molar-refractivity contribution in [3.63, 3.8) is 0 Å². The second-order valence-corrected chi connectivity index (χ2v) is 4.83. The first-order valence-corrected chi connectivity index (χ1v) is 6.09. The Morgan fingerprint density at radius 1 is 1.64 bits per heavy atom. The van der Waals surface area contributed by atoms with Gasteiger partial charge >= 0.3 is 0 Å². The number of hydrogen-bond acceptors (Lipinski definition) is 4. The molecular weight excluding hydrogens is 311 g/mol. The van der Waals surface area contributed by atoms with Gasteiger partial charge in [0.05, 0.1) is 4.88 Å². The summed E-state index contributed by atoms with van der Waals surface area (Å²) in [5, 5.41) is 5.13. The molecule has 0 fully saturated rings. The predicted molar refractivity (Wildman–Crippen MR) is 65.3 cm³/mol. The van der Waals surface area contributed by atoms with Crippen molar-refractivity contribution in [3.8, 4) is 10.6 Å². The van der Waals surface area contributed by atoms with E-state index in [1.807, 2.05) is 7.05 Å². The van der Waals surface area contributed by atoms with Crippen LogP contribution in [0.3, 0.4) is 0 Å². The summed E-state index contributed by atoms with van der Waals surface area (Å²) in [6.45, 7) is 0.736. The van der Waals surface area contributed by atoms with E-state index in [4.69, 9.17) is 4.42 Å². The van der Waals surface area contributed by atoms with Crippen LogP contribution >= 0.6 is 33.9 Å². The predicted octanol–water partition coefficient (Wildman–Crippen LogP) is 2.73. The van der Waals surface area contributed by atoms with E-state index in [1.165, 1.54) is 9.96 Å².